The zero-order chi connectivity index (χ0) is 16.9. The average Bonchev–Trinajstić information content (AvgIpc) is 2.62. The number of benzene rings is 1. The fourth-order valence-corrected chi connectivity index (χ4v) is 3.82. The molecule has 5 nitrogen and oxygen atoms in total. The highest BCUT2D eigenvalue weighted by molar-refractivity contribution is 5.42. The van der Waals surface area contributed by atoms with Crippen molar-refractivity contribution >= 4 is 0 Å². The second-order valence-electron chi connectivity index (χ2n) is 7.22. The molecule has 0 amide bonds. The Morgan fingerprint density at radius 2 is 1.92 bits per heavy atom. The van der Waals surface area contributed by atoms with Crippen LogP contribution in [-0.4, -0.2) is 67.8 Å². The molecule has 1 aromatic carbocycles. The molecule has 0 spiro atoms. The number of phenols is 1. The number of hydrogen-bond donors (Lipinski definition) is 2. The highest BCUT2D eigenvalue weighted by Crippen LogP contribution is 2.32. The lowest BCUT2D eigenvalue weighted by atomic mass is 9.97. The third-order valence-corrected chi connectivity index (χ3v) is 5.49. The summed E-state index contributed by atoms with van der Waals surface area (Å²) in [5.74, 6) is 1.64. The Kier molecular flexibility index (Phi) is 5.98. The van der Waals surface area contributed by atoms with Crippen LogP contribution in [0.15, 0.2) is 18.2 Å². The molecular formula is C19H31N3O2. The van der Waals surface area contributed by atoms with Gasteiger partial charge < -0.3 is 20.1 Å². The fraction of sp³-hybridized carbons (Fsp3) is 0.684. The minimum absolute atomic E-state index is 0.215. The van der Waals surface area contributed by atoms with Gasteiger partial charge in [0.15, 0.2) is 11.5 Å². The summed E-state index contributed by atoms with van der Waals surface area (Å²) in [4.78, 5) is 5.17. The lowest BCUT2D eigenvalue weighted by Crippen LogP contribution is -2.48. The van der Waals surface area contributed by atoms with E-state index in [1.807, 2.05) is 6.07 Å². The zero-order valence-electron chi connectivity index (χ0n) is 15.0. The molecular weight excluding hydrogens is 302 g/mol. The minimum Gasteiger partial charge on any atom is -0.504 e. The van der Waals surface area contributed by atoms with Gasteiger partial charge in [-0.2, -0.15) is 0 Å². The van der Waals surface area contributed by atoms with Gasteiger partial charge in [0, 0.05) is 38.8 Å². The first-order chi connectivity index (χ1) is 11.7. The number of nitrogens with one attached hydrogen (secondary N) is 1. The quantitative estimate of drug-likeness (QED) is 0.864. The van der Waals surface area contributed by atoms with E-state index in [1.165, 1.54) is 31.5 Å². The maximum Gasteiger partial charge on any atom is 0.160 e. The summed E-state index contributed by atoms with van der Waals surface area (Å²) in [7, 11) is 1.62. The topological polar surface area (TPSA) is 48.0 Å². The number of hydrogen-bond acceptors (Lipinski definition) is 5. The Morgan fingerprint density at radius 3 is 2.58 bits per heavy atom. The van der Waals surface area contributed by atoms with E-state index in [0.29, 0.717) is 11.8 Å². The van der Waals surface area contributed by atoms with E-state index in [-0.39, 0.29) is 5.75 Å². The molecule has 0 aliphatic carbocycles. The van der Waals surface area contributed by atoms with Gasteiger partial charge in [-0.05, 0) is 49.5 Å². The first-order valence-electron chi connectivity index (χ1n) is 9.21. The molecule has 5 heteroatoms. The Balaban J connectivity index is 1.78. The first kappa shape index (κ1) is 17.5. The zero-order valence-corrected chi connectivity index (χ0v) is 15.0. The molecule has 2 fully saturated rings. The number of aromatic hydroxyl groups is 1. The van der Waals surface area contributed by atoms with E-state index in [2.05, 4.69) is 28.1 Å². The van der Waals surface area contributed by atoms with Crippen LogP contribution in [0.5, 0.6) is 11.5 Å². The summed E-state index contributed by atoms with van der Waals surface area (Å²) in [5, 5.41) is 13.4. The molecule has 1 unspecified atom stereocenters. The largest absolute Gasteiger partial charge is 0.504 e. The van der Waals surface area contributed by atoms with E-state index in [9.17, 15) is 5.11 Å². The van der Waals surface area contributed by atoms with E-state index >= 15 is 0 Å². The monoisotopic (exact) mass is 333 g/mol. The molecule has 3 rings (SSSR count). The second-order valence-corrected chi connectivity index (χ2v) is 7.22. The summed E-state index contributed by atoms with van der Waals surface area (Å²) < 4.78 is 5.33. The Morgan fingerprint density at radius 1 is 1.21 bits per heavy atom. The van der Waals surface area contributed by atoms with Crippen molar-refractivity contribution in [1.29, 1.82) is 0 Å². The standard InChI is InChI=1S/C19H31N3O2/c1-15-5-9-21(10-6-15)14-17(22-11-7-20-8-12-22)16-3-4-18(23)19(13-16)24-2/h3-4,13,15,17,20,23H,5-12,14H2,1-2H3. The molecule has 1 atom stereocenters. The van der Waals surface area contributed by atoms with Crippen LogP contribution < -0.4 is 10.1 Å². The number of rotatable bonds is 5. The van der Waals surface area contributed by atoms with Crippen molar-refractivity contribution in [2.75, 3.05) is 52.9 Å². The lowest BCUT2D eigenvalue weighted by molar-refractivity contribution is 0.104. The number of piperidine rings is 1. The minimum atomic E-state index is 0.215. The number of nitrogens with zero attached hydrogens (tertiary/aromatic N) is 2. The van der Waals surface area contributed by atoms with Crippen LogP contribution in [0.3, 0.4) is 0 Å². The first-order valence-corrected chi connectivity index (χ1v) is 9.21. The number of ether oxygens (including phenoxy) is 1. The van der Waals surface area contributed by atoms with Crippen molar-refractivity contribution in [3.63, 3.8) is 0 Å². The Hall–Kier alpha value is -1.30. The number of methoxy groups -OCH3 is 1. The second kappa shape index (κ2) is 8.19. The lowest BCUT2D eigenvalue weighted by Gasteiger charge is -2.40. The molecule has 2 saturated heterocycles. The SMILES string of the molecule is COc1cc(C(CN2CCC(C)CC2)N2CCNCC2)ccc1O. The van der Waals surface area contributed by atoms with Crippen LogP contribution in [-0.2, 0) is 0 Å². The predicted molar refractivity (Wildman–Crippen MR) is 96.7 cm³/mol. The Bertz CT molecular complexity index is 523. The van der Waals surface area contributed by atoms with Crippen LogP contribution in [0.25, 0.3) is 0 Å². The van der Waals surface area contributed by atoms with Crippen molar-refractivity contribution in [2.45, 2.75) is 25.8 Å². The smallest absolute Gasteiger partial charge is 0.160 e. The third-order valence-electron chi connectivity index (χ3n) is 5.49. The van der Waals surface area contributed by atoms with Crippen LogP contribution in [0.1, 0.15) is 31.4 Å². The predicted octanol–water partition coefficient (Wildman–Crippen LogP) is 2.08. The average molecular weight is 333 g/mol. The molecule has 0 saturated carbocycles. The van der Waals surface area contributed by atoms with Crippen molar-refractivity contribution < 1.29 is 9.84 Å². The maximum atomic E-state index is 9.92. The van der Waals surface area contributed by atoms with Gasteiger partial charge in [-0.3, -0.25) is 4.90 Å². The molecule has 24 heavy (non-hydrogen) atoms. The van der Waals surface area contributed by atoms with Crippen LogP contribution in [0, 0.1) is 5.92 Å². The van der Waals surface area contributed by atoms with Crippen molar-refractivity contribution in [3.05, 3.63) is 23.8 Å². The summed E-state index contributed by atoms with van der Waals surface area (Å²) in [6.07, 6.45) is 2.60. The van der Waals surface area contributed by atoms with Crippen LogP contribution in [0.4, 0.5) is 0 Å². The highest BCUT2D eigenvalue weighted by atomic mass is 16.5. The number of likely N-dealkylation sites (tertiary alicyclic amines) is 1. The van der Waals surface area contributed by atoms with Gasteiger partial charge in [0.25, 0.3) is 0 Å². The Labute approximate surface area is 145 Å². The van der Waals surface area contributed by atoms with E-state index in [1.54, 1.807) is 13.2 Å². The third kappa shape index (κ3) is 4.21. The van der Waals surface area contributed by atoms with Gasteiger partial charge in [-0.15, -0.1) is 0 Å². The molecule has 0 radical (unpaired) electrons. The molecule has 0 bridgehead atoms. The van der Waals surface area contributed by atoms with Gasteiger partial charge >= 0.3 is 0 Å². The molecule has 0 aromatic heterocycles. The fourth-order valence-electron chi connectivity index (χ4n) is 3.82. The summed E-state index contributed by atoms with van der Waals surface area (Å²) >= 11 is 0. The highest BCUT2D eigenvalue weighted by Gasteiger charge is 2.27. The van der Waals surface area contributed by atoms with E-state index in [0.717, 1.165) is 38.6 Å². The van der Waals surface area contributed by atoms with Crippen LogP contribution in [0.2, 0.25) is 0 Å². The summed E-state index contributed by atoms with van der Waals surface area (Å²) in [6, 6.07) is 6.18. The molecule has 2 N–H and O–H groups in total. The van der Waals surface area contributed by atoms with E-state index < -0.39 is 0 Å². The molecule has 134 valence electrons. The summed E-state index contributed by atoms with van der Waals surface area (Å²) in [6.45, 7) is 10.0. The normalized spacial score (nSPS) is 22.4. The van der Waals surface area contributed by atoms with Gasteiger partial charge in [-0.1, -0.05) is 13.0 Å². The van der Waals surface area contributed by atoms with Crippen LogP contribution >= 0.6 is 0 Å². The summed E-state index contributed by atoms with van der Waals surface area (Å²) in [5.41, 5.74) is 1.24. The van der Waals surface area contributed by atoms with Gasteiger partial charge in [0.1, 0.15) is 0 Å². The van der Waals surface area contributed by atoms with Crippen molar-refractivity contribution in [1.82, 2.24) is 15.1 Å². The van der Waals surface area contributed by atoms with Crippen molar-refractivity contribution in [2.24, 2.45) is 5.92 Å². The van der Waals surface area contributed by atoms with Gasteiger partial charge in [-0.25, -0.2) is 0 Å². The van der Waals surface area contributed by atoms with E-state index in [4.69, 9.17) is 4.74 Å². The van der Waals surface area contributed by atoms with Gasteiger partial charge in [0.05, 0.1) is 7.11 Å². The molecule has 2 aliphatic rings. The maximum absolute atomic E-state index is 9.92. The molecule has 2 aliphatic heterocycles. The number of phenolic OH excluding ortho intramolecular Hbond substituents is 1. The molecule has 1 aromatic rings. The number of piperazine rings is 1. The van der Waals surface area contributed by atoms with Gasteiger partial charge in [0.2, 0.25) is 0 Å². The van der Waals surface area contributed by atoms with Crippen molar-refractivity contribution in [3.8, 4) is 11.5 Å². The molecule has 2 heterocycles.